The van der Waals surface area contributed by atoms with Crippen LogP contribution in [0.1, 0.15) is 39.2 Å². The molecule has 1 fully saturated rings. The minimum atomic E-state index is -3.23. The highest BCUT2D eigenvalue weighted by Crippen LogP contribution is 2.24. The molecule has 1 saturated heterocycles. The summed E-state index contributed by atoms with van der Waals surface area (Å²) in [5.41, 5.74) is -0.738. The van der Waals surface area contributed by atoms with Crippen LogP contribution in [0.2, 0.25) is 0 Å². The molecule has 0 aliphatic carbocycles. The summed E-state index contributed by atoms with van der Waals surface area (Å²) in [6.45, 7) is 4.38. The Morgan fingerprint density at radius 1 is 1.27 bits per heavy atom. The fraction of sp³-hybridized carbons (Fsp3) is 0.526. The highest BCUT2D eigenvalue weighted by molar-refractivity contribution is 7.88. The summed E-state index contributed by atoms with van der Waals surface area (Å²) in [7, 11) is -3.23. The first-order valence-electron chi connectivity index (χ1n) is 9.76. The van der Waals surface area contributed by atoms with Gasteiger partial charge in [0.15, 0.2) is 11.6 Å². The zero-order valence-corrected chi connectivity index (χ0v) is 17.9. The molecule has 1 N–H and O–H groups in total. The highest BCUT2D eigenvalue weighted by atomic mass is 32.2. The maximum Gasteiger partial charge on any atom is 0.286 e. The number of aromatic nitrogens is 3. The van der Waals surface area contributed by atoms with Crippen molar-refractivity contribution in [1.82, 2.24) is 18.8 Å². The van der Waals surface area contributed by atoms with Gasteiger partial charge in [0.1, 0.15) is 5.69 Å². The zero-order valence-electron chi connectivity index (χ0n) is 17.1. The Hall–Kier alpha value is -2.40. The van der Waals surface area contributed by atoms with Crippen LogP contribution in [0.3, 0.4) is 0 Å². The summed E-state index contributed by atoms with van der Waals surface area (Å²) in [5, 5.41) is 3.09. The van der Waals surface area contributed by atoms with E-state index in [0.717, 1.165) is 12.3 Å². The SMILES string of the molecule is CCC(C)n1cc(-c2nc(NC3CCN(S(C)(=O)=O)CC3)ncc2F)cc(F)c1=O. The second-order valence-corrected chi connectivity index (χ2v) is 9.50. The first-order valence-corrected chi connectivity index (χ1v) is 11.6. The molecule has 3 heterocycles. The van der Waals surface area contributed by atoms with Gasteiger partial charge in [-0.15, -0.1) is 0 Å². The van der Waals surface area contributed by atoms with Crippen LogP contribution in [0.15, 0.2) is 23.3 Å². The number of sulfonamides is 1. The largest absolute Gasteiger partial charge is 0.351 e. The summed E-state index contributed by atoms with van der Waals surface area (Å²) in [5.74, 6) is -1.56. The molecular formula is C19H25F2N5O3S. The van der Waals surface area contributed by atoms with E-state index < -0.39 is 27.2 Å². The summed E-state index contributed by atoms with van der Waals surface area (Å²) in [6, 6.07) is 0.641. The molecule has 0 saturated carbocycles. The lowest BCUT2D eigenvalue weighted by Gasteiger charge is -2.30. The number of pyridine rings is 1. The van der Waals surface area contributed by atoms with Gasteiger partial charge in [0.2, 0.25) is 16.0 Å². The second kappa shape index (κ2) is 8.76. The molecule has 1 aliphatic rings. The van der Waals surface area contributed by atoms with E-state index in [0.29, 0.717) is 32.4 Å². The van der Waals surface area contributed by atoms with E-state index in [1.807, 2.05) is 6.92 Å². The highest BCUT2D eigenvalue weighted by Gasteiger charge is 2.25. The van der Waals surface area contributed by atoms with Gasteiger partial charge in [0.05, 0.1) is 12.5 Å². The average molecular weight is 442 g/mol. The lowest BCUT2D eigenvalue weighted by Crippen LogP contribution is -2.42. The fourth-order valence-electron chi connectivity index (χ4n) is 3.37. The van der Waals surface area contributed by atoms with Crippen LogP contribution in [-0.2, 0) is 10.0 Å². The van der Waals surface area contributed by atoms with Crippen molar-refractivity contribution in [1.29, 1.82) is 0 Å². The lowest BCUT2D eigenvalue weighted by atomic mass is 10.1. The van der Waals surface area contributed by atoms with Crippen LogP contribution in [0.25, 0.3) is 11.3 Å². The number of nitrogens with zero attached hydrogens (tertiary/aromatic N) is 4. The van der Waals surface area contributed by atoms with Crippen LogP contribution < -0.4 is 10.9 Å². The van der Waals surface area contributed by atoms with Crippen molar-refractivity contribution in [3.63, 3.8) is 0 Å². The van der Waals surface area contributed by atoms with E-state index in [4.69, 9.17) is 0 Å². The topological polar surface area (TPSA) is 97.2 Å². The molecule has 0 bridgehead atoms. The third-order valence-electron chi connectivity index (χ3n) is 5.34. The van der Waals surface area contributed by atoms with Crippen LogP contribution >= 0.6 is 0 Å². The molecular weight excluding hydrogens is 416 g/mol. The van der Waals surface area contributed by atoms with Crippen LogP contribution in [0.4, 0.5) is 14.7 Å². The monoisotopic (exact) mass is 441 g/mol. The molecule has 30 heavy (non-hydrogen) atoms. The quantitative estimate of drug-likeness (QED) is 0.739. The van der Waals surface area contributed by atoms with Crippen molar-refractivity contribution in [3.8, 4) is 11.3 Å². The maximum absolute atomic E-state index is 14.4. The lowest BCUT2D eigenvalue weighted by molar-refractivity contribution is 0.331. The molecule has 0 amide bonds. The van der Waals surface area contributed by atoms with E-state index in [1.165, 1.54) is 21.3 Å². The number of hydrogen-bond donors (Lipinski definition) is 1. The number of piperidine rings is 1. The van der Waals surface area contributed by atoms with E-state index in [9.17, 15) is 22.0 Å². The number of halogens is 2. The predicted octanol–water partition coefficient (Wildman–Crippen LogP) is 2.39. The fourth-order valence-corrected chi connectivity index (χ4v) is 4.25. The number of hydrogen-bond acceptors (Lipinski definition) is 6. The molecule has 1 aliphatic heterocycles. The summed E-state index contributed by atoms with van der Waals surface area (Å²) >= 11 is 0. The van der Waals surface area contributed by atoms with Gasteiger partial charge in [-0.25, -0.2) is 31.5 Å². The molecule has 8 nitrogen and oxygen atoms in total. The van der Waals surface area contributed by atoms with Crippen molar-refractivity contribution in [3.05, 3.63) is 40.4 Å². The number of rotatable bonds is 6. The Morgan fingerprint density at radius 3 is 2.53 bits per heavy atom. The molecule has 2 aromatic heterocycles. The summed E-state index contributed by atoms with van der Waals surface area (Å²) < 4.78 is 54.5. The normalized spacial score (nSPS) is 17.1. The van der Waals surface area contributed by atoms with Gasteiger partial charge >= 0.3 is 0 Å². The average Bonchev–Trinajstić information content (AvgIpc) is 2.70. The van der Waals surface area contributed by atoms with Gasteiger partial charge in [-0.1, -0.05) is 6.92 Å². The second-order valence-electron chi connectivity index (χ2n) is 7.52. The number of anilines is 1. The molecule has 3 rings (SSSR count). The van der Waals surface area contributed by atoms with E-state index >= 15 is 0 Å². The van der Waals surface area contributed by atoms with E-state index in [2.05, 4.69) is 15.3 Å². The van der Waals surface area contributed by atoms with Crippen LogP contribution in [0.5, 0.6) is 0 Å². The first-order chi connectivity index (χ1) is 14.1. The first kappa shape index (κ1) is 22.3. The van der Waals surface area contributed by atoms with Crippen molar-refractivity contribution in [2.24, 2.45) is 0 Å². The Morgan fingerprint density at radius 2 is 1.93 bits per heavy atom. The van der Waals surface area contributed by atoms with Gasteiger partial charge in [-0.3, -0.25) is 4.79 Å². The van der Waals surface area contributed by atoms with Gasteiger partial charge in [0, 0.05) is 36.9 Å². The van der Waals surface area contributed by atoms with Crippen molar-refractivity contribution in [2.75, 3.05) is 24.7 Å². The predicted molar refractivity (Wildman–Crippen MR) is 110 cm³/mol. The molecule has 1 unspecified atom stereocenters. The minimum absolute atomic E-state index is 0.0767. The molecule has 0 aromatic carbocycles. The molecule has 11 heteroatoms. The van der Waals surface area contributed by atoms with Crippen LogP contribution in [0, 0.1) is 11.6 Å². The third kappa shape index (κ3) is 4.84. The molecule has 1 atom stereocenters. The van der Waals surface area contributed by atoms with Gasteiger partial charge in [-0.05, 0) is 32.3 Å². The van der Waals surface area contributed by atoms with Crippen molar-refractivity contribution < 1.29 is 17.2 Å². The van der Waals surface area contributed by atoms with Crippen molar-refractivity contribution >= 4 is 16.0 Å². The number of nitrogens with one attached hydrogen (secondary N) is 1. The Bertz CT molecular complexity index is 1080. The molecule has 0 spiro atoms. The Labute approximate surface area is 174 Å². The van der Waals surface area contributed by atoms with Gasteiger partial charge in [0.25, 0.3) is 5.56 Å². The van der Waals surface area contributed by atoms with Crippen molar-refractivity contribution in [2.45, 2.75) is 45.2 Å². The van der Waals surface area contributed by atoms with Gasteiger partial charge < -0.3 is 9.88 Å². The molecule has 164 valence electrons. The Balaban J connectivity index is 1.85. The zero-order chi connectivity index (χ0) is 22.1. The standard InChI is InChI=1S/C19H25F2N5O3S/c1-4-12(2)26-11-13(9-15(20)18(26)27)17-16(21)10-22-19(24-17)23-14-5-7-25(8-6-14)30(3,28)29/h9-12,14H,4-8H2,1-3H3,(H,22,23,24). The summed E-state index contributed by atoms with van der Waals surface area (Å²) in [4.78, 5) is 20.2. The minimum Gasteiger partial charge on any atom is -0.351 e. The van der Waals surface area contributed by atoms with E-state index in [1.54, 1.807) is 6.92 Å². The van der Waals surface area contributed by atoms with E-state index in [-0.39, 0.29) is 29.3 Å². The maximum atomic E-state index is 14.4. The summed E-state index contributed by atoms with van der Waals surface area (Å²) in [6.07, 6.45) is 5.28. The van der Waals surface area contributed by atoms with Gasteiger partial charge in [-0.2, -0.15) is 0 Å². The Kier molecular flexibility index (Phi) is 6.51. The van der Waals surface area contributed by atoms with Crippen LogP contribution in [-0.4, -0.2) is 52.6 Å². The smallest absolute Gasteiger partial charge is 0.286 e. The third-order valence-corrected chi connectivity index (χ3v) is 6.64. The molecule has 2 aromatic rings. The molecule has 0 radical (unpaired) electrons.